The fourth-order valence-electron chi connectivity index (χ4n) is 1.50. The molecule has 0 atom stereocenters. The van der Waals surface area contributed by atoms with E-state index < -0.39 is 5.54 Å². The first kappa shape index (κ1) is 12.3. The summed E-state index contributed by atoms with van der Waals surface area (Å²) >= 11 is 3.47. The summed E-state index contributed by atoms with van der Waals surface area (Å²) < 4.78 is 11.5. The molecule has 1 aromatic carbocycles. The Morgan fingerprint density at radius 3 is 2.20 bits per heavy atom. The van der Waals surface area contributed by atoms with Gasteiger partial charge in [0.25, 0.3) is 0 Å². The third-order valence-electron chi connectivity index (χ3n) is 2.14. The zero-order valence-electron chi connectivity index (χ0n) is 9.43. The van der Waals surface area contributed by atoms with Gasteiger partial charge in [-0.05, 0) is 26.0 Å². The minimum atomic E-state index is -0.487. The first-order chi connectivity index (χ1) is 6.91. The Balaban J connectivity index is 3.46. The minimum absolute atomic E-state index is 0.487. The van der Waals surface area contributed by atoms with Gasteiger partial charge in [-0.25, -0.2) is 0 Å². The van der Waals surface area contributed by atoms with E-state index in [2.05, 4.69) is 15.9 Å². The average Bonchev–Trinajstić information content (AvgIpc) is 2.15. The highest BCUT2D eigenvalue weighted by atomic mass is 79.9. The maximum atomic E-state index is 6.09. The lowest BCUT2D eigenvalue weighted by Crippen LogP contribution is -2.29. The van der Waals surface area contributed by atoms with E-state index in [1.54, 1.807) is 14.2 Å². The van der Waals surface area contributed by atoms with Crippen LogP contribution < -0.4 is 15.2 Å². The maximum absolute atomic E-state index is 6.09. The van der Waals surface area contributed by atoms with Crippen LogP contribution in [0, 0.1) is 0 Å². The molecule has 0 aliphatic rings. The van der Waals surface area contributed by atoms with Gasteiger partial charge in [0.05, 0.1) is 14.2 Å². The van der Waals surface area contributed by atoms with E-state index in [9.17, 15) is 0 Å². The van der Waals surface area contributed by atoms with Crippen LogP contribution in [0.1, 0.15) is 19.4 Å². The van der Waals surface area contributed by atoms with Crippen LogP contribution in [0.25, 0.3) is 0 Å². The standard InChI is InChI=1S/C11H16BrNO2/c1-11(2,13)9-7(12)5-6-8(14-3)10(9)15-4/h5-6H,13H2,1-4H3. The molecule has 3 nitrogen and oxygen atoms in total. The Bertz CT molecular complexity index is 358. The van der Waals surface area contributed by atoms with Crippen molar-refractivity contribution in [2.24, 2.45) is 5.73 Å². The molecule has 1 aromatic rings. The van der Waals surface area contributed by atoms with E-state index in [-0.39, 0.29) is 0 Å². The summed E-state index contributed by atoms with van der Waals surface area (Å²) in [6.07, 6.45) is 0. The highest BCUT2D eigenvalue weighted by Crippen LogP contribution is 2.40. The van der Waals surface area contributed by atoms with Crippen molar-refractivity contribution in [3.05, 3.63) is 22.2 Å². The number of hydrogen-bond acceptors (Lipinski definition) is 3. The van der Waals surface area contributed by atoms with Crippen LogP contribution in [-0.4, -0.2) is 14.2 Å². The number of rotatable bonds is 3. The van der Waals surface area contributed by atoms with Crippen LogP contribution in [0.15, 0.2) is 16.6 Å². The number of ether oxygens (including phenoxy) is 2. The predicted molar refractivity (Wildman–Crippen MR) is 64.5 cm³/mol. The summed E-state index contributed by atoms with van der Waals surface area (Å²) in [7, 11) is 3.22. The monoisotopic (exact) mass is 273 g/mol. The number of hydrogen-bond donors (Lipinski definition) is 1. The lowest BCUT2D eigenvalue weighted by Gasteiger charge is -2.24. The van der Waals surface area contributed by atoms with Crippen LogP contribution in [0.4, 0.5) is 0 Å². The smallest absolute Gasteiger partial charge is 0.166 e. The number of benzene rings is 1. The molecule has 0 saturated heterocycles. The van der Waals surface area contributed by atoms with Crippen LogP contribution in [0.5, 0.6) is 11.5 Å². The summed E-state index contributed by atoms with van der Waals surface area (Å²) in [5.74, 6) is 1.37. The van der Waals surface area contributed by atoms with Gasteiger partial charge in [-0.2, -0.15) is 0 Å². The first-order valence-corrected chi connectivity index (χ1v) is 5.41. The Morgan fingerprint density at radius 2 is 1.80 bits per heavy atom. The van der Waals surface area contributed by atoms with E-state index in [0.717, 1.165) is 10.0 Å². The summed E-state index contributed by atoms with van der Waals surface area (Å²) in [6.45, 7) is 3.85. The molecule has 0 heterocycles. The topological polar surface area (TPSA) is 44.5 Å². The Hall–Kier alpha value is -0.740. The van der Waals surface area contributed by atoms with Crippen molar-refractivity contribution in [2.75, 3.05) is 14.2 Å². The van der Waals surface area contributed by atoms with E-state index >= 15 is 0 Å². The second-order valence-corrected chi connectivity index (χ2v) is 4.73. The van der Waals surface area contributed by atoms with E-state index in [4.69, 9.17) is 15.2 Å². The van der Waals surface area contributed by atoms with Crippen molar-refractivity contribution in [3.8, 4) is 11.5 Å². The molecule has 84 valence electrons. The molecule has 0 aliphatic carbocycles. The molecule has 0 amide bonds. The second kappa shape index (κ2) is 4.41. The molecule has 4 heteroatoms. The zero-order valence-corrected chi connectivity index (χ0v) is 11.0. The number of methoxy groups -OCH3 is 2. The molecule has 0 unspecified atom stereocenters. The fourth-order valence-corrected chi connectivity index (χ4v) is 2.33. The van der Waals surface area contributed by atoms with E-state index in [1.807, 2.05) is 26.0 Å². The lowest BCUT2D eigenvalue weighted by atomic mass is 9.94. The maximum Gasteiger partial charge on any atom is 0.166 e. The number of halogens is 1. The predicted octanol–water partition coefficient (Wildman–Crippen LogP) is 2.66. The lowest BCUT2D eigenvalue weighted by molar-refractivity contribution is 0.343. The van der Waals surface area contributed by atoms with Gasteiger partial charge >= 0.3 is 0 Å². The fraction of sp³-hybridized carbons (Fsp3) is 0.455. The number of nitrogens with two attached hydrogens (primary N) is 1. The summed E-state index contributed by atoms with van der Waals surface area (Å²) in [4.78, 5) is 0. The zero-order chi connectivity index (χ0) is 11.6. The molecule has 0 aromatic heterocycles. The summed E-state index contributed by atoms with van der Waals surface area (Å²) in [6, 6.07) is 3.75. The molecule has 0 spiro atoms. The molecule has 0 radical (unpaired) electrons. The van der Waals surface area contributed by atoms with E-state index in [0.29, 0.717) is 11.5 Å². The Kier molecular flexibility index (Phi) is 3.62. The third-order valence-corrected chi connectivity index (χ3v) is 2.80. The normalized spacial score (nSPS) is 11.3. The summed E-state index contributed by atoms with van der Waals surface area (Å²) in [5.41, 5.74) is 6.51. The second-order valence-electron chi connectivity index (χ2n) is 3.88. The molecular weight excluding hydrogens is 258 g/mol. The molecule has 0 saturated carbocycles. The molecule has 0 aliphatic heterocycles. The van der Waals surface area contributed by atoms with Crippen molar-refractivity contribution in [1.29, 1.82) is 0 Å². The molecule has 0 bridgehead atoms. The van der Waals surface area contributed by atoms with Gasteiger partial charge in [-0.15, -0.1) is 0 Å². The van der Waals surface area contributed by atoms with Gasteiger partial charge in [0, 0.05) is 15.6 Å². The van der Waals surface area contributed by atoms with Crippen molar-refractivity contribution < 1.29 is 9.47 Å². The van der Waals surface area contributed by atoms with Gasteiger partial charge < -0.3 is 15.2 Å². The minimum Gasteiger partial charge on any atom is -0.493 e. The largest absolute Gasteiger partial charge is 0.493 e. The van der Waals surface area contributed by atoms with Crippen LogP contribution in [-0.2, 0) is 5.54 Å². The van der Waals surface area contributed by atoms with Crippen LogP contribution in [0.3, 0.4) is 0 Å². The average molecular weight is 274 g/mol. The SMILES string of the molecule is COc1ccc(Br)c(C(C)(C)N)c1OC. The van der Waals surface area contributed by atoms with Crippen molar-refractivity contribution in [2.45, 2.75) is 19.4 Å². The van der Waals surface area contributed by atoms with Gasteiger partial charge in [-0.3, -0.25) is 0 Å². The van der Waals surface area contributed by atoms with Gasteiger partial charge in [0.2, 0.25) is 0 Å². The third kappa shape index (κ3) is 2.44. The van der Waals surface area contributed by atoms with Crippen molar-refractivity contribution in [3.63, 3.8) is 0 Å². The van der Waals surface area contributed by atoms with Gasteiger partial charge in [0.15, 0.2) is 11.5 Å². The Morgan fingerprint density at radius 1 is 1.20 bits per heavy atom. The van der Waals surface area contributed by atoms with Gasteiger partial charge in [-0.1, -0.05) is 15.9 Å². The highest BCUT2D eigenvalue weighted by molar-refractivity contribution is 9.10. The van der Waals surface area contributed by atoms with Crippen molar-refractivity contribution >= 4 is 15.9 Å². The molecule has 2 N–H and O–H groups in total. The first-order valence-electron chi connectivity index (χ1n) is 4.61. The Labute approximate surface area is 98.7 Å². The van der Waals surface area contributed by atoms with E-state index in [1.165, 1.54) is 0 Å². The summed E-state index contributed by atoms with van der Waals surface area (Å²) in [5, 5.41) is 0. The molecule has 0 fully saturated rings. The molecule has 15 heavy (non-hydrogen) atoms. The van der Waals surface area contributed by atoms with Crippen LogP contribution in [0.2, 0.25) is 0 Å². The highest BCUT2D eigenvalue weighted by Gasteiger charge is 2.25. The van der Waals surface area contributed by atoms with Gasteiger partial charge in [0.1, 0.15) is 0 Å². The van der Waals surface area contributed by atoms with Crippen molar-refractivity contribution in [1.82, 2.24) is 0 Å². The quantitative estimate of drug-likeness (QED) is 0.921. The van der Waals surface area contributed by atoms with Crippen LogP contribution >= 0.6 is 15.9 Å². The molecule has 1 rings (SSSR count). The molecular formula is C11H16BrNO2.